The Hall–Kier alpha value is -0.610. The van der Waals surface area contributed by atoms with Gasteiger partial charge in [0.25, 0.3) is 0 Å². The molecule has 2 fully saturated rings. The monoisotopic (exact) mass is 240 g/mol. The van der Waals surface area contributed by atoms with Crippen LogP contribution in [0.1, 0.15) is 39.0 Å². The van der Waals surface area contributed by atoms with E-state index in [9.17, 15) is 4.79 Å². The van der Waals surface area contributed by atoms with Crippen molar-refractivity contribution >= 4 is 5.91 Å². The molecule has 0 radical (unpaired) electrons. The molecule has 1 heterocycles. The maximum atomic E-state index is 12.5. The summed E-state index contributed by atoms with van der Waals surface area (Å²) in [5.74, 6) is 0.614. The molecule has 4 nitrogen and oxygen atoms in total. The number of nitrogens with two attached hydrogens (primary N) is 1. The van der Waals surface area contributed by atoms with Crippen LogP contribution in [0, 0.1) is 11.3 Å². The number of aliphatic hydroxyl groups is 1. The molecule has 98 valence electrons. The summed E-state index contributed by atoms with van der Waals surface area (Å²) in [6, 6.07) is 0.0190. The van der Waals surface area contributed by atoms with Crippen molar-refractivity contribution in [3.8, 4) is 0 Å². The second-order valence-corrected chi connectivity index (χ2v) is 5.83. The standard InChI is InChI=1S/C13H24N2O2/c1-13(6-2-3-11(13)14)12(17)15-7-4-10(9-16)5-8-15/h10-11,16H,2-9,14H2,1H3. The van der Waals surface area contributed by atoms with Crippen molar-refractivity contribution < 1.29 is 9.90 Å². The average molecular weight is 240 g/mol. The van der Waals surface area contributed by atoms with Crippen molar-refractivity contribution in [2.24, 2.45) is 17.1 Å². The van der Waals surface area contributed by atoms with Crippen molar-refractivity contribution in [2.45, 2.75) is 45.1 Å². The number of amides is 1. The lowest BCUT2D eigenvalue weighted by molar-refractivity contribution is -0.143. The van der Waals surface area contributed by atoms with E-state index >= 15 is 0 Å². The molecule has 1 aliphatic carbocycles. The Balaban J connectivity index is 1.97. The van der Waals surface area contributed by atoms with Crippen LogP contribution in [-0.2, 0) is 4.79 Å². The lowest BCUT2D eigenvalue weighted by Gasteiger charge is -2.38. The molecule has 0 spiro atoms. The van der Waals surface area contributed by atoms with E-state index in [-0.39, 0.29) is 24.0 Å². The molecule has 0 aromatic carbocycles. The molecule has 17 heavy (non-hydrogen) atoms. The van der Waals surface area contributed by atoms with E-state index in [1.54, 1.807) is 0 Å². The summed E-state index contributed by atoms with van der Waals surface area (Å²) < 4.78 is 0. The fraction of sp³-hybridized carbons (Fsp3) is 0.923. The minimum atomic E-state index is -0.341. The third-order valence-electron chi connectivity index (χ3n) is 4.68. The molecule has 2 rings (SSSR count). The van der Waals surface area contributed by atoms with E-state index in [1.165, 1.54) is 0 Å². The van der Waals surface area contributed by atoms with Crippen LogP contribution in [0.2, 0.25) is 0 Å². The van der Waals surface area contributed by atoms with Gasteiger partial charge >= 0.3 is 0 Å². The lowest BCUT2D eigenvalue weighted by Crippen LogP contribution is -2.51. The van der Waals surface area contributed by atoms with E-state index in [2.05, 4.69) is 0 Å². The summed E-state index contributed by atoms with van der Waals surface area (Å²) in [6.07, 6.45) is 4.81. The molecule has 0 bridgehead atoms. The van der Waals surface area contributed by atoms with Gasteiger partial charge in [-0.2, -0.15) is 0 Å². The van der Waals surface area contributed by atoms with Crippen molar-refractivity contribution in [3.63, 3.8) is 0 Å². The fourth-order valence-electron chi connectivity index (χ4n) is 3.14. The number of nitrogens with zero attached hydrogens (tertiary/aromatic N) is 1. The second-order valence-electron chi connectivity index (χ2n) is 5.83. The molecule has 1 amide bonds. The van der Waals surface area contributed by atoms with Crippen molar-refractivity contribution in [2.75, 3.05) is 19.7 Å². The maximum absolute atomic E-state index is 12.5. The van der Waals surface area contributed by atoms with Gasteiger partial charge in [-0.3, -0.25) is 4.79 Å². The molecule has 2 unspecified atom stereocenters. The van der Waals surface area contributed by atoms with Gasteiger partial charge in [-0.05, 0) is 38.5 Å². The Morgan fingerprint density at radius 3 is 2.53 bits per heavy atom. The van der Waals surface area contributed by atoms with Gasteiger partial charge in [0.15, 0.2) is 0 Å². The second kappa shape index (κ2) is 4.94. The predicted molar refractivity (Wildman–Crippen MR) is 66.3 cm³/mol. The summed E-state index contributed by atoms with van der Waals surface area (Å²) in [5.41, 5.74) is 5.75. The third kappa shape index (κ3) is 2.33. The molecule has 2 atom stereocenters. The summed E-state index contributed by atoms with van der Waals surface area (Å²) in [7, 11) is 0. The molecule has 1 aliphatic heterocycles. The van der Waals surface area contributed by atoms with Crippen molar-refractivity contribution in [1.82, 2.24) is 4.90 Å². The molecule has 0 aromatic heterocycles. The lowest BCUT2D eigenvalue weighted by atomic mass is 9.82. The number of carbonyl (C=O) groups excluding carboxylic acids is 1. The fourth-order valence-corrected chi connectivity index (χ4v) is 3.14. The van der Waals surface area contributed by atoms with E-state index in [1.807, 2.05) is 11.8 Å². The molecular weight excluding hydrogens is 216 g/mol. The SMILES string of the molecule is CC1(C(=O)N2CCC(CO)CC2)CCCC1N. The minimum Gasteiger partial charge on any atom is -0.396 e. The summed E-state index contributed by atoms with van der Waals surface area (Å²) in [4.78, 5) is 14.5. The van der Waals surface area contributed by atoms with Crippen molar-refractivity contribution in [1.29, 1.82) is 0 Å². The van der Waals surface area contributed by atoms with Crippen LogP contribution < -0.4 is 5.73 Å². The Kier molecular flexibility index (Phi) is 3.73. The normalized spacial score (nSPS) is 35.2. The van der Waals surface area contributed by atoms with Crippen LogP contribution >= 0.6 is 0 Å². The highest BCUT2D eigenvalue weighted by atomic mass is 16.3. The van der Waals surface area contributed by atoms with Gasteiger partial charge in [-0.1, -0.05) is 6.42 Å². The highest BCUT2D eigenvalue weighted by Crippen LogP contribution is 2.39. The average Bonchev–Trinajstić information content (AvgIpc) is 2.70. The Labute approximate surface area is 103 Å². The number of carbonyl (C=O) groups is 1. The van der Waals surface area contributed by atoms with Gasteiger partial charge in [0.2, 0.25) is 5.91 Å². The summed E-state index contributed by atoms with van der Waals surface area (Å²) in [6.45, 7) is 3.84. The summed E-state index contributed by atoms with van der Waals surface area (Å²) >= 11 is 0. The smallest absolute Gasteiger partial charge is 0.230 e. The van der Waals surface area contributed by atoms with Gasteiger partial charge < -0.3 is 15.7 Å². The highest BCUT2D eigenvalue weighted by molar-refractivity contribution is 5.83. The largest absolute Gasteiger partial charge is 0.396 e. The van der Waals surface area contributed by atoms with Gasteiger partial charge in [0, 0.05) is 25.7 Å². The zero-order valence-corrected chi connectivity index (χ0v) is 10.7. The first kappa shape index (κ1) is 12.8. The number of rotatable bonds is 2. The minimum absolute atomic E-state index is 0.0190. The van der Waals surface area contributed by atoms with Crippen LogP contribution in [0.4, 0.5) is 0 Å². The first-order valence-electron chi connectivity index (χ1n) is 6.73. The molecule has 0 aromatic rings. The molecular formula is C13H24N2O2. The van der Waals surface area contributed by atoms with Gasteiger partial charge in [-0.25, -0.2) is 0 Å². The van der Waals surface area contributed by atoms with Crippen LogP contribution in [-0.4, -0.2) is 41.7 Å². The first-order chi connectivity index (χ1) is 8.08. The highest BCUT2D eigenvalue weighted by Gasteiger charge is 2.45. The van der Waals surface area contributed by atoms with E-state index in [0.717, 1.165) is 45.2 Å². The molecule has 1 saturated heterocycles. The topological polar surface area (TPSA) is 66.6 Å². The van der Waals surface area contributed by atoms with Gasteiger partial charge in [-0.15, -0.1) is 0 Å². The van der Waals surface area contributed by atoms with Crippen LogP contribution in [0.5, 0.6) is 0 Å². The Morgan fingerprint density at radius 2 is 2.06 bits per heavy atom. The molecule has 1 saturated carbocycles. The zero-order valence-electron chi connectivity index (χ0n) is 10.7. The first-order valence-corrected chi connectivity index (χ1v) is 6.73. The number of piperidine rings is 1. The maximum Gasteiger partial charge on any atom is 0.230 e. The van der Waals surface area contributed by atoms with Crippen molar-refractivity contribution in [3.05, 3.63) is 0 Å². The third-order valence-corrected chi connectivity index (χ3v) is 4.68. The molecule has 3 N–H and O–H groups in total. The molecule has 4 heteroatoms. The number of aliphatic hydroxyl groups excluding tert-OH is 1. The number of hydrogen-bond acceptors (Lipinski definition) is 3. The molecule has 2 aliphatic rings. The quantitative estimate of drug-likeness (QED) is 0.748. The zero-order chi connectivity index (χ0) is 12.5. The van der Waals surface area contributed by atoms with Crippen LogP contribution in [0.3, 0.4) is 0 Å². The number of likely N-dealkylation sites (tertiary alicyclic amines) is 1. The number of hydrogen-bond donors (Lipinski definition) is 2. The van der Waals surface area contributed by atoms with Crippen LogP contribution in [0.15, 0.2) is 0 Å². The van der Waals surface area contributed by atoms with Crippen LogP contribution in [0.25, 0.3) is 0 Å². The van der Waals surface area contributed by atoms with Gasteiger partial charge in [0.05, 0.1) is 5.41 Å². The predicted octanol–water partition coefficient (Wildman–Crippen LogP) is 0.735. The Morgan fingerprint density at radius 1 is 1.41 bits per heavy atom. The van der Waals surface area contributed by atoms with E-state index in [4.69, 9.17) is 10.8 Å². The Bertz CT molecular complexity index is 287. The van der Waals surface area contributed by atoms with Gasteiger partial charge in [0.1, 0.15) is 0 Å². The van der Waals surface area contributed by atoms with E-state index < -0.39 is 0 Å². The summed E-state index contributed by atoms with van der Waals surface area (Å²) in [5, 5.41) is 9.10. The van der Waals surface area contributed by atoms with E-state index in [0.29, 0.717) is 5.92 Å².